The van der Waals surface area contributed by atoms with E-state index in [1.165, 1.54) is 36.9 Å². The van der Waals surface area contributed by atoms with Gasteiger partial charge in [0, 0.05) is 18.8 Å². The smallest absolute Gasteiger partial charge is 0.0471 e. The fourth-order valence-electron chi connectivity index (χ4n) is 3.41. The third kappa shape index (κ3) is 5.03. The maximum absolute atomic E-state index is 8.93. The maximum Gasteiger partial charge on any atom is 0.0471 e. The molecule has 0 saturated heterocycles. The first-order valence-electron chi connectivity index (χ1n) is 8.42. The normalized spacial score (nSPS) is 23.0. The number of aliphatic hydroxyl groups excluding tert-OH is 1. The molecule has 1 saturated carbocycles. The van der Waals surface area contributed by atoms with E-state index < -0.39 is 0 Å². The van der Waals surface area contributed by atoms with Crippen LogP contribution in [0.25, 0.3) is 0 Å². The summed E-state index contributed by atoms with van der Waals surface area (Å²) in [5.74, 6) is 1.72. The van der Waals surface area contributed by atoms with Gasteiger partial charge in [0.05, 0.1) is 0 Å². The number of nitrogens with one attached hydrogen (secondary N) is 1. The SMILES string of the molecule is CC(C)(C)C1CCC(CNc2ccc(CCO)cc2)CC1. The molecule has 0 unspecified atom stereocenters. The Balaban J connectivity index is 1.74. The molecule has 1 fully saturated rings. The molecule has 1 aliphatic rings. The average molecular weight is 289 g/mol. The van der Waals surface area contributed by atoms with Crippen LogP contribution in [-0.2, 0) is 6.42 Å². The molecule has 2 heteroatoms. The lowest BCUT2D eigenvalue weighted by atomic mass is 9.70. The lowest BCUT2D eigenvalue weighted by Crippen LogP contribution is -2.28. The zero-order valence-corrected chi connectivity index (χ0v) is 13.9. The van der Waals surface area contributed by atoms with E-state index in [4.69, 9.17) is 5.11 Å². The maximum atomic E-state index is 8.93. The number of anilines is 1. The van der Waals surface area contributed by atoms with Crippen molar-refractivity contribution in [2.45, 2.75) is 52.9 Å². The highest BCUT2D eigenvalue weighted by molar-refractivity contribution is 5.44. The second-order valence-corrected chi connectivity index (χ2v) is 7.64. The molecule has 1 aliphatic carbocycles. The van der Waals surface area contributed by atoms with Crippen LogP contribution in [-0.4, -0.2) is 18.3 Å². The zero-order valence-electron chi connectivity index (χ0n) is 13.9. The van der Waals surface area contributed by atoms with Crippen molar-refractivity contribution in [2.75, 3.05) is 18.5 Å². The van der Waals surface area contributed by atoms with Crippen LogP contribution < -0.4 is 5.32 Å². The van der Waals surface area contributed by atoms with E-state index in [0.717, 1.165) is 24.8 Å². The van der Waals surface area contributed by atoms with Gasteiger partial charge in [0.1, 0.15) is 0 Å². The van der Waals surface area contributed by atoms with Crippen molar-refractivity contribution in [3.63, 3.8) is 0 Å². The van der Waals surface area contributed by atoms with Gasteiger partial charge in [-0.05, 0) is 67.1 Å². The summed E-state index contributed by atoms with van der Waals surface area (Å²) in [5, 5.41) is 12.5. The van der Waals surface area contributed by atoms with Crippen molar-refractivity contribution in [1.29, 1.82) is 0 Å². The molecule has 2 nitrogen and oxygen atoms in total. The molecule has 118 valence electrons. The summed E-state index contributed by atoms with van der Waals surface area (Å²) in [6, 6.07) is 8.47. The minimum Gasteiger partial charge on any atom is -0.396 e. The number of rotatable bonds is 5. The number of hydrogen-bond acceptors (Lipinski definition) is 2. The van der Waals surface area contributed by atoms with Crippen LogP contribution in [0.15, 0.2) is 24.3 Å². The Bertz CT molecular complexity index is 410. The molecular weight excluding hydrogens is 258 g/mol. The van der Waals surface area contributed by atoms with Crippen molar-refractivity contribution in [2.24, 2.45) is 17.3 Å². The van der Waals surface area contributed by atoms with Gasteiger partial charge in [-0.2, -0.15) is 0 Å². The molecule has 21 heavy (non-hydrogen) atoms. The number of hydrogen-bond donors (Lipinski definition) is 2. The second kappa shape index (κ2) is 7.31. The largest absolute Gasteiger partial charge is 0.396 e. The van der Waals surface area contributed by atoms with Crippen LogP contribution in [0.5, 0.6) is 0 Å². The topological polar surface area (TPSA) is 32.3 Å². The predicted octanol–water partition coefficient (Wildman–Crippen LogP) is 4.49. The summed E-state index contributed by atoms with van der Waals surface area (Å²) in [7, 11) is 0. The first kappa shape index (κ1) is 16.4. The first-order valence-corrected chi connectivity index (χ1v) is 8.42. The molecule has 0 aliphatic heterocycles. The molecular formula is C19H31NO. The second-order valence-electron chi connectivity index (χ2n) is 7.64. The van der Waals surface area contributed by atoms with Gasteiger partial charge in [0.2, 0.25) is 0 Å². The van der Waals surface area contributed by atoms with Crippen molar-refractivity contribution >= 4 is 5.69 Å². The van der Waals surface area contributed by atoms with Crippen LogP contribution >= 0.6 is 0 Å². The van der Waals surface area contributed by atoms with Crippen LogP contribution in [0.4, 0.5) is 5.69 Å². The molecule has 0 aromatic heterocycles. The number of benzene rings is 1. The molecule has 2 rings (SSSR count). The molecule has 2 N–H and O–H groups in total. The lowest BCUT2D eigenvalue weighted by molar-refractivity contribution is 0.153. The van der Waals surface area contributed by atoms with E-state index in [9.17, 15) is 0 Å². The summed E-state index contributed by atoms with van der Waals surface area (Å²) in [4.78, 5) is 0. The Morgan fingerprint density at radius 3 is 2.19 bits per heavy atom. The fourth-order valence-corrected chi connectivity index (χ4v) is 3.41. The Labute approximate surface area is 130 Å². The molecule has 0 amide bonds. The zero-order chi connectivity index (χ0) is 15.3. The van der Waals surface area contributed by atoms with Gasteiger partial charge in [0.25, 0.3) is 0 Å². The van der Waals surface area contributed by atoms with Gasteiger partial charge >= 0.3 is 0 Å². The van der Waals surface area contributed by atoms with E-state index in [-0.39, 0.29) is 6.61 Å². The molecule has 0 radical (unpaired) electrons. The van der Waals surface area contributed by atoms with E-state index in [2.05, 4.69) is 50.4 Å². The summed E-state index contributed by atoms with van der Waals surface area (Å²) in [6.45, 7) is 8.46. The summed E-state index contributed by atoms with van der Waals surface area (Å²) in [5.41, 5.74) is 2.88. The minimum absolute atomic E-state index is 0.226. The lowest BCUT2D eigenvalue weighted by Gasteiger charge is -2.37. The monoisotopic (exact) mass is 289 g/mol. The summed E-state index contributed by atoms with van der Waals surface area (Å²) >= 11 is 0. The predicted molar refractivity (Wildman–Crippen MR) is 90.6 cm³/mol. The molecule has 1 aromatic carbocycles. The molecule has 0 atom stereocenters. The van der Waals surface area contributed by atoms with Crippen molar-refractivity contribution in [3.05, 3.63) is 29.8 Å². The van der Waals surface area contributed by atoms with E-state index >= 15 is 0 Å². The van der Waals surface area contributed by atoms with Crippen LogP contribution in [0, 0.1) is 17.3 Å². The highest BCUT2D eigenvalue weighted by atomic mass is 16.2. The average Bonchev–Trinajstić information content (AvgIpc) is 2.46. The van der Waals surface area contributed by atoms with Gasteiger partial charge in [-0.15, -0.1) is 0 Å². The van der Waals surface area contributed by atoms with Crippen LogP contribution in [0.1, 0.15) is 52.0 Å². The molecule has 1 aromatic rings. The van der Waals surface area contributed by atoms with Gasteiger partial charge in [-0.25, -0.2) is 0 Å². The Hall–Kier alpha value is -1.02. The molecule has 0 heterocycles. The fraction of sp³-hybridized carbons (Fsp3) is 0.684. The molecule has 0 bridgehead atoms. The summed E-state index contributed by atoms with van der Waals surface area (Å²) in [6.07, 6.45) is 6.22. The first-order chi connectivity index (χ1) is 9.99. The van der Waals surface area contributed by atoms with E-state index in [1.807, 2.05) is 0 Å². The van der Waals surface area contributed by atoms with E-state index in [1.54, 1.807) is 0 Å². The van der Waals surface area contributed by atoms with Gasteiger partial charge < -0.3 is 10.4 Å². The Kier molecular flexibility index (Phi) is 5.69. The number of aliphatic hydroxyl groups is 1. The quantitative estimate of drug-likeness (QED) is 0.837. The third-order valence-electron chi connectivity index (χ3n) is 5.02. The Morgan fingerprint density at radius 2 is 1.67 bits per heavy atom. The standard InChI is InChI=1S/C19H31NO/c1-19(2,3)17-8-4-16(5-9-17)14-20-18-10-6-15(7-11-18)12-13-21/h6-7,10-11,16-17,20-21H,4-5,8-9,12-14H2,1-3H3. The van der Waals surface area contributed by atoms with Crippen molar-refractivity contribution < 1.29 is 5.11 Å². The highest BCUT2D eigenvalue weighted by Gasteiger charge is 2.29. The van der Waals surface area contributed by atoms with E-state index in [0.29, 0.717) is 5.41 Å². The summed E-state index contributed by atoms with van der Waals surface area (Å²) < 4.78 is 0. The van der Waals surface area contributed by atoms with Gasteiger partial charge in [-0.1, -0.05) is 32.9 Å². The third-order valence-corrected chi connectivity index (χ3v) is 5.02. The Morgan fingerprint density at radius 1 is 1.05 bits per heavy atom. The highest BCUT2D eigenvalue weighted by Crippen LogP contribution is 2.39. The van der Waals surface area contributed by atoms with Crippen LogP contribution in [0.2, 0.25) is 0 Å². The van der Waals surface area contributed by atoms with Gasteiger partial charge in [0.15, 0.2) is 0 Å². The minimum atomic E-state index is 0.226. The van der Waals surface area contributed by atoms with Crippen molar-refractivity contribution in [3.8, 4) is 0 Å². The van der Waals surface area contributed by atoms with Crippen molar-refractivity contribution in [1.82, 2.24) is 0 Å². The molecule has 0 spiro atoms. The van der Waals surface area contributed by atoms with Crippen LogP contribution in [0.3, 0.4) is 0 Å². The van der Waals surface area contributed by atoms with Gasteiger partial charge in [-0.3, -0.25) is 0 Å².